The van der Waals surface area contributed by atoms with E-state index in [2.05, 4.69) is 53.2 Å². The van der Waals surface area contributed by atoms with Crippen molar-refractivity contribution in [3.8, 4) is 0 Å². The molecule has 4 aromatic rings. The first-order valence-corrected chi connectivity index (χ1v) is 9.11. The average Bonchev–Trinajstić information content (AvgIpc) is 3.01. The van der Waals surface area contributed by atoms with E-state index in [4.69, 9.17) is 0 Å². The van der Waals surface area contributed by atoms with Gasteiger partial charge in [0, 0.05) is 40.5 Å². The highest BCUT2D eigenvalue weighted by molar-refractivity contribution is 6.10. The minimum atomic E-state index is -0.0174. The van der Waals surface area contributed by atoms with E-state index in [-0.39, 0.29) is 5.91 Å². The molecule has 1 amide bonds. The molecule has 0 unspecified atom stereocenters. The first kappa shape index (κ1) is 16.4. The van der Waals surface area contributed by atoms with Gasteiger partial charge in [-0.25, -0.2) is 0 Å². The van der Waals surface area contributed by atoms with Gasteiger partial charge in [0.1, 0.15) is 0 Å². The van der Waals surface area contributed by atoms with Crippen LogP contribution in [0.15, 0.2) is 72.8 Å². The highest BCUT2D eigenvalue weighted by atomic mass is 16.1. The Bertz CT molecular complexity index is 1060. The summed E-state index contributed by atoms with van der Waals surface area (Å²) in [6.07, 6.45) is 0.837. The predicted octanol–water partition coefficient (Wildman–Crippen LogP) is 4.79. The lowest BCUT2D eigenvalue weighted by atomic mass is 10.1. The molecule has 0 bridgehead atoms. The summed E-state index contributed by atoms with van der Waals surface area (Å²) in [6, 6.07) is 24.6. The number of aryl methyl sites for hydroxylation is 1. The summed E-state index contributed by atoms with van der Waals surface area (Å²) in [5.41, 5.74) is 4.33. The molecule has 3 heteroatoms. The quantitative estimate of drug-likeness (QED) is 0.556. The minimum absolute atomic E-state index is 0.0174. The standard InChI is InChI=1S/C23H22N2O/c1-2-25-21-11-7-6-10-19(21)20-16-18(12-13-22(20)25)23(26)24-15-14-17-8-4-3-5-9-17/h3-13,16H,2,14-15H2,1H3,(H,24,26). The van der Waals surface area contributed by atoms with E-state index in [0.29, 0.717) is 12.1 Å². The number of carbonyl (C=O) groups is 1. The van der Waals surface area contributed by atoms with Gasteiger partial charge in [-0.05, 0) is 43.2 Å². The molecule has 3 aromatic carbocycles. The van der Waals surface area contributed by atoms with Gasteiger partial charge in [-0.2, -0.15) is 0 Å². The van der Waals surface area contributed by atoms with Gasteiger partial charge < -0.3 is 9.88 Å². The van der Waals surface area contributed by atoms with Gasteiger partial charge in [-0.15, -0.1) is 0 Å². The molecule has 0 spiro atoms. The number of nitrogens with one attached hydrogen (secondary N) is 1. The van der Waals surface area contributed by atoms with Crippen LogP contribution in [0.25, 0.3) is 21.8 Å². The summed E-state index contributed by atoms with van der Waals surface area (Å²) < 4.78 is 2.29. The molecular weight excluding hydrogens is 320 g/mol. The maximum absolute atomic E-state index is 12.6. The van der Waals surface area contributed by atoms with Crippen LogP contribution in [0.1, 0.15) is 22.8 Å². The maximum atomic E-state index is 12.6. The number of aromatic nitrogens is 1. The Hall–Kier alpha value is -3.07. The van der Waals surface area contributed by atoms with Gasteiger partial charge in [0.25, 0.3) is 5.91 Å². The molecule has 0 fully saturated rings. The van der Waals surface area contributed by atoms with E-state index in [0.717, 1.165) is 18.4 Å². The SMILES string of the molecule is CCn1c2ccccc2c2cc(C(=O)NCCc3ccccc3)ccc21. The molecule has 0 saturated carbocycles. The van der Waals surface area contributed by atoms with E-state index in [1.54, 1.807) is 0 Å². The number of nitrogens with zero attached hydrogens (tertiary/aromatic N) is 1. The number of amides is 1. The highest BCUT2D eigenvalue weighted by Crippen LogP contribution is 2.29. The fourth-order valence-corrected chi connectivity index (χ4v) is 3.60. The van der Waals surface area contributed by atoms with Crippen molar-refractivity contribution in [1.82, 2.24) is 9.88 Å². The molecule has 4 rings (SSSR count). The van der Waals surface area contributed by atoms with Crippen molar-refractivity contribution in [2.75, 3.05) is 6.54 Å². The second-order valence-electron chi connectivity index (χ2n) is 6.48. The maximum Gasteiger partial charge on any atom is 0.251 e. The summed E-state index contributed by atoms with van der Waals surface area (Å²) in [5, 5.41) is 5.37. The van der Waals surface area contributed by atoms with Crippen molar-refractivity contribution in [2.45, 2.75) is 19.9 Å². The van der Waals surface area contributed by atoms with Gasteiger partial charge in [0.2, 0.25) is 0 Å². The van der Waals surface area contributed by atoms with Crippen LogP contribution >= 0.6 is 0 Å². The summed E-state index contributed by atoms with van der Waals surface area (Å²) in [6.45, 7) is 3.69. The fraction of sp³-hybridized carbons (Fsp3) is 0.174. The van der Waals surface area contributed by atoms with Crippen molar-refractivity contribution < 1.29 is 4.79 Å². The molecule has 1 heterocycles. The number of para-hydroxylation sites is 1. The zero-order chi connectivity index (χ0) is 17.9. The van der Waals surface area contributed by atoms with Crippen molar-refractivity contribution in [1.29, 1.82) is 0 Å². The highest BCUT2D eigenvalue weighted by Gasteiger charge is 2.12. The first-order valence-electron chi connectivity index (χ1n) is 9.11. The Labute approximate surface area is 153 Å². The monoisotopic (exact) mass is 342 g/mol. The zero-order valence-corrected chi connectivity index (χ0v) is 14.9. The Kier molecular flexibility index (Phi) is 4.44. The molecule has 1 aromatic heterocycles. The van der Waals surface area contributed by atoms with Crippen LogP contribution in [0.3, 0.4) is 0 Å². The van der Waals surface area contributed by atoms with Crippen molar-refractivity contribution in [2.24, 2.45) is 0 Å². The van der Waals surface area contributed by atoms with Crippen LogP contribution < -0.4 is 5.32 Å². The smallest absolute Gasteiger partial charge is 0.251 e. The normalized spacial score (nSPS) is 11.1. The van der Waals surface area contributed by atoms with Crippen LogP contribution in [-0.2, 0) is 13.0 Å². The number of rotatable bonds is 5. The van der Waals surface area contributed by atoms with E-state index in [1.165, 1.54) is 22.0 Å². The molecular formula is C23H22N2O. The van der Waals surface area contributed by atoms with Crippen LogP contribution in [0.4, 0.5) is 0 Å². The first-order chi connectivity index (χ1) is 12.8. The van der Waals surface area contributed by atoms with Gasteiger partial charge in [0.15, 0.2) is 0 Å². The Balaban J connectivity index is 1.59. The zero-order valence-electron chi connectivity index (χ0n) is 14.9. The van der Waals surface area contributed by atoms with E-state index in [9.17, 15) is 4.79 Å². The van der Waals surface area contributed by atoms with E-state index in [1.807, 2.05) is 36.4 Å². The molecule has 0 aliphatic carbocycles. The Morgan fingerprint density at radius 1 is 0.885 bits per heavy atom. The number of benzene rings is 3. The number of hydrogen-bond acceptors (Lipinski definition) is 1. The summed E-state index contributed by atoms with van der Waals surface area (Å²) in [5.74, 6) is -0.0174. The lowest BCUT2D eigenvalue weighted by Gasteiger charge is -2.07. The second-order valence-corrected chi connectivity index (χ2v) is 6.48. The minimum Gasteiger partial charge on any atom is -0.352 e. The van der Waals surface area contributed by atoms with Crippen molar-refractivity contribution in [3.05, 3.63) is 83.9 Å². The second kappa shape index (κ2) is 7.04. The molecule has 0 atom stereocenters. The van der Waals surface area contributed by atoms with Crippen molar-refractivity contribution >= 4 is 27.7 Å². The molecule has 0 radical (unpaired) electrons. The lowest BCUT2D eigenvalue weighted by molar-refractivity contribution is 0.0954. The van der Waals surface area contributed by atoms with Crippen LogP contribution in [-0.4, -0.2) is 17.0 Å². The topological polar surface area (TPSA) is 34.0 Å². The summed E-state index contributed by atoms with van der Waals surface area (Å²) >= 11 is 0. The van der Waals surface area contributed by atoms with Crippen LogP contribution in [0, 0.1) is 0 Å². The van der Waals surface area contributed by atoms with Gasteiger partial charge in [0.05, 0.1) is 0 Å². The molecule has 1 N–H and O–H groups in total. The average molecular weight is 342 g/mol. The van der Waals surface area contributed by atoms with Crippen LogP contribution in [0.5, 0.6) is 0 Å². The molecule has 26 heavy (non-hydrogen) atoms. The lowest BCUT2D eigenvalue weighted by Crippen LogP contribution is -2.25. The summed E-state index contributed by atoms with van der Waals surface area (Å²) in [4.78, 5) is 12.6. The Morgan fingerprint density at radius 3 is 2.42 bits per heavy atom. The molecule has 130 valence electrons. The molecule has 0 aliphatic rings. The third-order valence-electron chi connectivity index (χ3n) is 4.89. The molecule has 0 aliphatic heterocycles. The number of hydrogen-bond donors (Lipinski definition) is 1. The van der Waals surface area contributed by atoms with Crippen LogP contribution in [0.2, 0.25) is 0 Å². The third kappa shape index (κ3) is 2.97. The molecule has 3 nitrogen and oxygen atoms in total. The third-order valence-corrected chi connectivity index (χ3v) is 4.89. The fourth-order valence-electron chi connectivity index (χ4n) is 3.60. The summed E-state index contributed by atoms with van der Waals surface area (Å²) in [7, 11) is 0. The number of fused-ring (bicyclic) bond motifs is 3. The van der Waals surface area contributed by atoms with Crippen molar-refractivity contribution in [3.63, 3.8) is 0 Å². The van der Waals surface area contributed by atoms with Gasteiger partial charge in [-0.3, -0.25) is 4.79 Å². The Morgan fingerprint density at radius 2 is 1.62 bits per heavy atom. The van der Waals surface area contributed by atoms with E-state index >= 15 is 0 Å². The molecule has 0 saturated heterocycles. The van der Waals surface area contributed by atoms with Gasteiger partial charge in [-0.1, -0.05) is 48.5 Å². The van der Waals surface area contributed by atoms with E-state index < -0.39 is 0 Å². The van der Waals surface area contributed by atoms with Gasteiger partial charge >= 0.3 is 0 Å². The largest absolute Gasteiger partial charge is 0.352 e. The number of carbonyl (C=O) groups excluding carboxylic acids is 1. The predicted molar refractivity (Wildman–Crippen MR) is 108 cm³/mol.